The summed E-state index contributed by atoms with van der Waals surface area (Å²) < 4.78 is 10.6. The van der Waals surface area contributed by atoms with Crippen molar-refractivity contribution in [1.82, 2.24) is 19.9 Å². The molecule has 10 rings (SSSR count). The Morgan fingerprint density at radius 3 is 1.52 bits per heavy atom. The first-order chi connectivity index (χ1) is 25.8. The molecule has 0 N–H and O–H groups in total. The molecule has 0 fully saturated rings. The summed E-state index contributed by atoms with van der Waals surface area (Å²) in [5, 5.41) is 6.92. The summed E-state index contributed by atoms with van der Waals surface area (Å²) in [5.74, 6) is 0. The van der Waals surface area contributed by atoms with Gasteiger partial charge in [0.25, 0.3) is 0 Å². The van der Waals surface area contributed by atoms with Crippen molar-refractivity contribution in [3.63, 3.8) is 0 Å². The third kappa shape index (κ3) is 5.05. The molecule has 0 bridgehead atoms. The molecule has 6 nitrogen and oxygen atoms in total. The molecule has 6 heteroatoms. The van der Waals surface area contributed by atoms with E-state index in [4.69, 9.17) is 8.83 Å². The van der Waals surface area contributed by atoms with Gasteiger partial charge in [-0.05, 0) is 83.9 Å². The third-order valence-corrected chi connectivity index (χ3v) is 9.85. The van der Waals surface area contributed by atoms with E-state index in [1.807, 2.05) is 24.8 Å². The highest BCUT2D eigenvalue weighted by Gasteiger charge is 2.19. The minimum atomic E-state index is 0.738. The molecule has 10 aromatic rings. The lowest BCUT2D eigenvalue weighted by atomic mass is 9.85. The minimum absolute atomic E-state index is 0.738. The van der Waals surface area contributed by atoms with E-state index in [9.17, 15) is 0 Å². The van der Waals surface area contributed by atoms with Gasteiger partial charge in [-0.15, -0.1) is 0 Å². The zero-order chi connectivity index (χ0) is 34.4. The van der Waals surface area contributed by atoms with Crippen LogP contribution in [0, 0.1) is 0 Å². The molecule has 0 aliphatic carbocycles. The zero-order valence-corrected chi connectivity index (χ0v) is 27.8. The van der Waals surface area contributed by atoms with E-state index >= 15 is 0 Å². The molecular weight excluding hydrogens is 641 g/mol. The quantitative estimate of drug-likeness (QED) is 0.164. The lowest BCUT2D eigenvalue weighted by Crippen LogP contribution is -1.93. The summed E-state index contributed by atoms with van der Waals surface area (Å²) in [6, 6.07) is 43.5. The fourth-order valence-electron chi connectivity index (χ4n) is 7.44. The van der Waals surface area contributed by atoms with Crippen LogP contribution in [-0.2, 0) is 0 Å². The molecule has 0 radical (unpaired) electrons. The fourth-order valence-corrected chi connectivity index (χ4v) is 7.44. The number of hydrogen-bond donors (Lipinski definition) is 0. The first kappa shape index (κ1) is 29.7. The second kappa shape index (κ2) is 12.3. The number of oxazole rings is 2. The molecule has 244 valence electrons. The number of pyridine rings is 2. The normalized spacial score (nSPS) is 11.5. The minimum Gasteiger partial charge on any atom is -0.451 e. The zero-order valence-electron chi connectivity index (χ0n) is 27.8. The monoisotopic (exact) mass is 668 g/mol. The fraction of sp³-hybridized carbons (Fsp3) is 0. The maximum absolute atomic E-state index is 5.32. The van der Waals surface area contributed by atoms with Gasteiger partial charge in [0.1, 0.15) is 23.9 Å². The average Bonchev–Trinajstić information content (AvgIpc) is 3.96. The van der Waals surface area contributed by atoms with Crippen molar-refractivity contribution >= 4 is 32.3 Å². The van der Waals surface area contributed by atoms with Crippen LogP contribution in [0.25, 0.3) is 99.3 Å². The van der Waals surface area contributed by atoms with Gasteiger partial charge >= 0.3 is 0 Å². The molecule has 0 amide bonds. The molecule has 0 saturated heterocycles. The third-order valence-electron chi connectivity index (χ3n) is 9.85. The van der Waals surface area contributed by atoms with Gasteiger partial charge in [-0.2, -0.15) is 0 Å². The van der Waals surface area contributed by atoms with Gasteiger partial charge in [0.05, 0.1) is 0 Å². The van der Waals surface area contributed by atoms with Gasteiger partial charge in [-0.3, -0.25) is 9.97 Å². The average molecular weight is 669 g/mol. The van der Waals surface area contributed by atoms with Crippen molar-refractivity contribution in [2.75, 3.05) is 0 Å². The molecule has 0 unspecified atom stereocenters. The predicted molar refractivity (Wildman–Crippen MR) is 207 cm³/mol. The van der Waals surface area contributed by atoms with Crippen LogP contribution >= 0.6 is 0 Å². The molecular formula is C46H28N4O2. The Morgan fingerprint density at radius 1 is 0.365 bits per heavy atom. The lowest BCUT2D eigenvalue weighted by molar-refractivity contribution is 0.558. The number of hydrogen-bond acceptors (Lipinski definition) is 6. The summed E-state index contributed by atoms with van der Waals surface area (Å²) in [5.41, 5.74) is 12.1. The molecule has 0 spiro atoms. The second-order valence-corrected chi connectivity index (χ2v) is 12.8. The smallest absolute Gasteiger partial charge is 0.181 e. The molecule has 6 aromatic carbocycles. The number of rotatable bonds is 6. The lowest BCUT2D eigenvalue weighted by Gasteiger charge is -2.19. The van der Waals surface area contributed by atoms with Crippen LogP contribution in [0.2, 0.25) is 0 Å². The second-order valence-electron chi connectivity index (χ2n) is 12.8. The summed E-state index contributed by atoms with van der Waals surface area (Å²) >= 11 is 0. The molecule has 4 heterocycles. The Bertz CT molecular complexity index is 2890. The van der Waals surface area contributed by atoms with Crippen molar-refractivity contribution in [2.24, 2.45) is 0 Å². The van der Waals surface area contributed by atoms with E-state index in [-0.39, 0.29) is 0 Å². The first-order valence-electron chi connectivity index (χ1n) is 17.0. The topological polar surface area (TPSA) is 77.8 Å². The van der Waals surface area contributed by atoms with Gasteiger partial charge in [0, 0.05) is 47.0 Å². The van der Waals surface area contributed by atoms with Gasteiger partial charge in [0.2, 0.25) is 0 Å². The highest BCUT2D eigenvalue weighted by Crippen LogP contribution is 2.45. The van der Waals surface area contributed by atoms with E-state index in [1.54, 1.807) is 12.5 Å². The van der Waals surface area contributed by atoms with Crippen LogP contribution in [0.4, 0.5) is 0 Å². The van der Waals surface area contributed by atoms with Gasteiger partial charge in [-0.25, -0.2) is 9.97 Å². The summed E-state index contributed by atoms with van der Waals surface area (Å²) in [6.45, 7) is 0. The van der Waals surface area contributed by atoms with E-state index in [1.165, 1.54) is 34.7 Å². The van der Waals surface area contributed by atoms with Crippen LogP contribution in [0.3, 0.4) is 0 Å². The summed E-state index contributed by atoms with van der Waals surface area (Å²) in [4.78, 5) is 18.1. The van der Waals surface area contributed by atoms with Crippen molar-refractivity contribution < 1.29 is 8.83 Å². The van der Waals surface area contributed by atoms with Gasteiger partial charge in [0.15, 0.2) is 12.8 Å². The number of fused-ring (bicyclic) bond motifs is 3. The van der Waals surface area contributed by atoms with Crippen molar-refractivity contribution in [3.05, 3.63) is 171 Å². The van der Waals surface area contributed by atoms with E-state index < -0.39 is 0 Å². The van der Waals surface area contributed by atoms with Crippen LogP contribution in [0.1, 0.15) is 0 Å². The van der Waals surface area contributed by atoms with Gasteiger partial charge in [-0.1, -0.05) is 103 Å². The van der Waals surface area contributed by atoms with E-state index in [0.29, 0.717) is 0 Å². The largest absolute Gasteiger partial charge is 0.451 e. The number of benzene rings is 6. The Kier molecular flexibility index (Phi) is 7.03. The Morgan fingerprint density at radius 2 is 0.885 bits per heavy atom. The first-order valence-corrected chi connectivity index (χ1v) is 17.0. The van der Waals surface area contributed by atoms with Crippen LogP contribution in [0.15, 0.2) is 180 Å². The number of aromatic nitrogens is 4. The number of nitrogens with zero attached hydrogens (tertiary/aromatic N) is 4. The molecule has 0 saturated carbocycles. The SMILES string of the molecule is c1ccc2c(-c3ccc(-c4ccc5c(-c6cncc(-c7cocn7)c6)c6ccccc6c(-c6cncc(-c7cocn7)c6)c5c4)cc3)cccc2c1. The summed E-state index contributed by atoms with van der Waals surface area (Å²) in [6.07, 6.45) is 13.7. The van der Waals surface area contributed by atoms with Crippen LogP contribution in [0.5, 0.6) is 0 Å². The van der Waals surface area contributed by atoms with E-state index in [0.717, 1.165) is 77.4 Å². The van der Waals surface area contributed by atoms with Crippen molar-refractivity contribution in [3.8, 4) is 67.0 Å². The highest BCUT2D eigenvalue weighted by atomic mass is 16.3. The van der Waals surface area contributed by atoms with Crippen LogP contribution in [-0.4, -0.2) is 19.9 Å². The van der Waals surface area contributed by atoms with Gasteiger partial charge < -0.3 is 8.83 Å². The molecule has 0 aliphatic rings. The molecule has 4 aromatic heterocycles. The molecule has 52 heavy (non-hydrogen) atoms. The predicted octanol–water partition coefficient (Wildman–Crippen LogP) is 11.9. The summed E-state index contributed by atoms with van der Waals surface area (Å²) in [7, 11) is 0. The van der Waals surface area contributed by atoms with Crippen molar-refractivity contribution in [2.45, 2.75) is 0 Å². The van der Waals surface area contributed by atoms with Crippen molar-refractivity contribution in [1.29, 1.82) is 0 Å². The van der Waals surface area contributed by atoms with Crippen LogP contribution < -0.4 is 0 Å². The molecule has 0 atom stereocenters. The maximum Gasteiger partial charge on any atom is 0.181 e. The Hall–Kier alpha value is -7.18. The van der Waals surface area contributed by atoms with E-state index in [2.05, 4.69) is 141 Å². The Balaban J connectivity index is 1.20. The Labute approximate surface area is 298 Å². The maximum atomic E-state index is 5.32. The molecule has 0 aliphatic heterocycles. The highest BCUT2D eigenvalue weighted by molar-refractivity contribution is 6.22. The standard InChI is InChI=1S/C46H28N4O2/c1-2-8-37-30(6-1)7-5-11-38(37)31-14-12-29(13-15-31)32-16-17-41-42(20-32)46(36-19-34(22-48-24-36)44-26-52-28-50-44)40-10-4-3-9-39(40)45(41)35-18-33(21-47-23-35)43-25-51-27-49-43/h1-28H.